The van der Waals surface area contributed by atoms with Gasteiger partial charge in [0.25, 0.3) is 0 Å². The summed E-state index contributed by atoms with van der Waals surface area (Å²) in [6.07, 6.45) is 59.8. The zero-order chi connectivity index (χ0) is 48.5. The number of likely N-dealkylation sites (N-methyl/N-ethyl adjacent to an activating group) is 1. The fraction of sp³-hybridized carbons (Fsp3) is 0.786. The number of rotatable bonds is 49. The second kappa shape index (κ2) is 47.8. The number of esters is 2. The molecule has 0 aliphatic heterocycles. The van der Waals surface area contributed by atoms with Crippen molar-refractivity contribution in [2.75, 3.05) is 47.5 Å². The van der Waals surface area contributed by atoms with Crippen LogP contribution in [0.2, 0.25) is 0 Å². The molecular formula is C56H103NO8P+. The van der Waals surface area contributed by atoms with Crippen LogP contribution in [0.3, 0.4) is 0 Å². The number of quaternary nitrogens is 1. The molecule has 384 valence electrons. The molecule has 0 aliphatic rings. The first kappa shape index (κ1) is 63.7. The van der Waals surface area contributed by atoms with Crippen molar-refractivity contribution in [3.63, 3.8) is 0 Å². The van der Waals surface area contributed by atoms with E-state index >= 15 is 0 Å². The maximum absolute atomic E-state index is 12.8. The lowest BCUT2D eigenvalue weighted by Crippen LogP contribution is -2.37. The zero-order valence-corrected chi connectivity index (χ0v) is 44.3. The van der Waals surface area contributed by atoms with Gasteiger partial charge < -0.3 is 18.9 Å². The van der Waals surface area contributed by atoms with Gasteiger partial charge in [-0.2, -0.15) is 0 Å². The molecule has 2 unspecified atom stereocenters. The predicted molar refractivity (Wildman–Crippen MR) is 279 cm³/mol. The van der Waals surface area contributed by atoms with Crippen LogP contribution >= 0.6 is 7.82 Å². The summed E-state index contributed by atoms with van der Waals surface area (Å²) in [6, 6.07) is 0. The van der Waals surface area contributed by atoms with E-state index in [0.717, 1.165) is 64.2 Å². The van der Waals surface area contributed by atoms with E-state index in [1.54, 1.807) is 0 Å². The molecule has 1 N–H and O–H groups in total. The largest absolute Gasteiger partial charge is 0.472 e. The molecular weight excluding hydrogens is 846 g/mol. The monoisotopic (exact) mass is 949 g/mol. The number of unbranched alkanes of at least 4 members (excludes halogenated alkanes) is 25. The minimum atomic E-state index is -4.39. The molecule has 10 heteroatoms. The van der Waals surface area contributed by atoms with E-state index in [0.29, 0.717) is 17.4 Å². The summed E-state index contributed by atoms with van der Waals surface area (Å²) >= 11 is 0. The van der Waals surface area contributed by atoms with Crippen LogP contribution in [0.4, 0.5) is 0 Å². The summed E-state index contributed by atoms with van der Waals surface area (Å²) in [5.74, 6) is -0.809. The zero-order valence-electron chi connectivity index (χ0n) is 43.4. The van der Waals surface area contributed by atoms with Gasteiger partial charge >= 0.3 is 19.8 Å². The van der Waals surface area contributed by atoms with Crippen molar-refractivity contribution in [2.45, 2.75) is 238 Å². The normalized spacial score (nSPS) is 13.8. The highest BCUT2D eigenvalue weighted by atomic mass is 31.2. The number of nitrogens with zero attached hydrogens (tertiary/aromatic N) is 1. The van der Waals surface area contributed by atoms with Crippen LogP contribution in [0.1, 0.15) is 232 Å². The topological polar surface area (TPSA) is 108 Å². The summed E-state index contributed by atoms with van der Waals surface area (Å²) < 4.78 is 34.5. The Morgan fingerprint density at radius 1 is 0.470 bits per heavy atom. The quantitative estimate of drug-likeness (QED) is 0.0211. The SMILES string of the molecule is CCCCC/C=C\C/C=C\CCCCCCCCCCCC(=O)OCC(COP(=O)(O)OCC[N+](C)(C)C)OC(=O)CCCCCCCCCC/C=C\C/C=C\C/C=C\CCCCCCC. The summed E-state index contributed by atoms with van der Waals surface area (Å²) in [4.78, 5) is 35.6. The van der Waals surface area contributed by atoms with Crippen LogP contribution < -0.4 is 0 Å². The van der Waals surface area contributed by atoms with Gasteiger partial charge in [-0.1, -0.05) is 197 Å². The van der Waals surface area contributed by atoms with Crippen LogP contribution in [0.25, 0.3) is 0 Å². The number of carbonyl (C=O) groups is 2. The van der Waals surface area contributed by atoms with Gasteiger partial charge in [-0.05, 0) is 83.5 Å². The molecule has 0 aromatic rings. The first-order valence-corrected chi connectivity index (χ1v) is 28.5. The number of phosphoric ester groups is 1. The molecule has 66 heavy (non-hydrogen) atoms. The molecule has 0 radical (unpaired) electrons. The molecule has 0 aromatic heterocycles. The number of phosphoric acid groups is 1. The highest BCUT2D eigenvalue weighted by molar-refractivity contribution is 7.47. The van der Waals surface area contributed by atoms with Gasteiger partial charge in [0.05, 0.1) is 27.7 Å². The lowest BCUT2D eigenvalue weighted by molar-refractivity contribution is -0.870. The fourth-order valence-electron chi connectivity index (χ4n) is 7.29. The number of hydrogen-bond acceptors (Lipinski definition) is 7. The van der Waals surface area contributed by atoms with Crippen molar-refractivity contribution in [2.24, 2.45) is 0 Å². The van der Waals surface area contributed by atoms with Crippen LogP contribution in [-0.4, -0.2) is 74.9 Å². The van der Waals surface area contributed by atoms with Crippen molar-refractivity contribution in [1.82, 2.24) is 0 Å². The van der Waals surface area contributed by atoms with E-state index in [9.17, 15) is 19.0 Å². The average Bonchev–Trinajstić information content (AvgIpc) is 3.27. The minimum Gasteiger partial charge on any atom is -0.462 e. The van der Waals surface area contributed by atoms with E-state index in [4.69, 9.17) is 18.5 Å². The maximum atomic E-state index is 12.8. The van der Waals surface area contributed by atoms with Gasteiger partial charge in [-0.15, -0.1) is 0 Å². The molecule has 0 saturated heterocycles. The average molecular weight is 949 g/mol. The van der Waals surface area contributed by atoms with E-state index in [-0.39, 0.29) is 32.0 Å². The molecule has 0 aliphatic carbocycles. The smallest absolute Gasteiger partial charge is 0.462 e. The van der Waals surface area contributed by atoms with Gasteiger partial charge in [0, 0.05) is 12.8 Å². The molecule has 0 rings (SSSR count). The number of allylic oxidation sites excluding steroid dienone is 10. The Morgan fingerprint density at radius 3 is 1.24 bits per heavy atom. The summed E-state index contributed by atoms with van der Waals surface area (Å²) in [6.45, 7) is 4.39. The number of hydrogen-bond donors (Lipinski definition) is 1. The van der Waals surface area contributed by atoms with Gasteiger partial charge in [0.1, 0.15) is 19.8 Å². The minimum absolute atomic E-state index is 0.0274. The van der Waals surface area contributed by atoms with Crippen molar-refractivity contribution in [3.05, 3.63) is 60.8 Å². The second-order valence-corrected chi connectivity index (χ2v) is 20.7. The van der Waals surface area contributed by atoms with Crippen molar-refractivity contribution >= 4 is 19.8 Å². The van der Waals surface area contributed by atoms with Gasteiger partial charge in [-0.25, -0.2) is 4.57 Å². The first-order valence-electron chi connectivity index (χ1n) is 27.0. The highest BCUT2D eigenvalue weighted by Crippen LogP contribution is 2.43. The second-order valence-electron chi connectivity index (χ2n) is 19.3. The Kier molecular flexibility index (Phi) is 46.1. The molecule has 9 nitrogen and oxygen atoms in total. The molecule has 0 saturated carbocycles. The molecule has 0 spiro atoms. The molecule has 0 bridgehead atoms. The summed E-state index contributed by atoms with van der Waals surface area (Å²) in [5.41, 5.74) is 0. The Bertz CT molecular complexity index is 1300. The van der Waals surface area contributed by atoms with E-state index < -0.39 is 26.5 Å². The Morgan fingerprint density at radius 2 is 0.818 bits per heavy atom. The maximum Gasteiger partial charge on any atom is 0.472 e. The molecule has 0 amide bonds. The van der Waals surface area contributed by atoms with Crippen LogP contribution in [0.15, 0.2) is 60.8 Å². The van der Waals surface area contributed by atoms with Crippen LogP contribution in [0, 0.1) is 0 Å². The highest BCUT2D eigenvalue weighted by Gasteiger charge is 2.27. The van der Waals surface area contributed by atoms with Crippen molar-refractivity contribution < 1.29 is 42.1 Å². The predicted octanol–water partition coefficient (Wildman–Crippen LogP) is 16.4. The third kappa shape index (κ3) is 51.1. The standard InChI is InChI=1S/C56H102NO8P/c1-6-8-10-12-14-16-18-20-22-24-26-27-28-29-31-33-35-37-39-41-43-45-47-49-56(59)65-54(53-64-66(60,61)63-51-50-57(3,4)5)52-62-55(58)48-46-44-42-40-38-36-34-32-30-25-23-21-19-17-15-13-11-9-7-2/h15,17-18,20-21,23-24,26,28-29,54H,6-14,16,19,22,25,27,30-53H2,1-5H3/p+1/b17-15-,20-18-,23-21-,26-24-,29-28-. The first-order chi connectivity index (χ1) is 32.0. The third-order valence-corrected chi connectivity index (χ3v) is 12.5. The molecule has 0 fully saturated rings. The van der Waals surface area contributed by atoms with Gasteiger partial charge in [-0.3, -0.25) is 18.6 Å². The lowest BCUT2D eigenvalue weighted by atomic mass is 10.1. The lowest BCUT2D eigenvalue weighted by Gasteiger charge is -2.24. The molecule has 0 heterocycles. The Labute approximate surface area is 406 Å². The van der Waals surface area contributed by atoms with E-state index in [1.165, 1.54) is 135 Å². The summed E-state index contributed by atoms with van der Waals surface area (Å²) in [5, 5.41) is 0. The Hall–Kier alpha value is -2.29. The number of ether oxygens (including phenoxy) is 2. The summed E-state index contributed by atoms with van der Waals surface area (Å²) in [7, 11) is 1.47. The van der Waals surface area contributed by atoms with Gasteiger partial charge in [0.2, 0.25) is 0 Å². The van der Waals surface area contributed by atoms with Crippen molar-refractivity contribution in [1.29, 1.82) is 0 Å². The van der Waals surface area contributed by atoms with Crippen LogP contribution in [0.5, 0.6) is 0 Å². The third-order valence-electron chi connectivity index (χ3n) is 11.5. The van der Waals surface area contributed by atoms with Crippen LogP contribution in [-0.2, 0) is 32.7 Å². The molecule has 0 aromatic carbocycles. The molecule has 2 atom stereocenters. The Balaban J connectivity index is 4.25. The van der Waals surface area contributed by atoms with Crippen molar-refractivity contribution in [3.8, 4) is 0 Å². The van der Waals surface area contributed by atoms with Gasteiger partial charge in [0.15, 0.2) is 6.10 Å². The number of carbonyl (C=O) groups excluding carboxylic acids is 2. The van der Waals surface area contributed by atoms with E-state index in [2.05, 4.69) is 74.6 Å². The fourth-order valence-corrected chi connectivity index (χ4v) is 8.03. The van der Waals surface area contributed by atoms with E-state index in [1.807, 2.05) is 21.1 Å².